The Morgan fingerprint density at radius 1 is 1.26 bits per heavy atom. The average Bonchev–Trinajstić information content (AvgIpc) is 2.46. The van der Waals surface area contributed by atoms with E-state index in [1.54, 1.807) is 24.1 Å². The molecule has 1 heterocycles. The van der Waals surface area contributed by atoms with Crippen molar-refractivity contribution in [3.8, 4) is 0 Å². The summed E-state index contributed by atoms with van der Waals surface area (Å²) < 4.78 is 24.3. The number of rotatable bonds is 2. The minimum Gasteiger partial charge on any atom is -0.444 e. The van der Waals surface area contributed by atoms with Crippen LogP contribution in [0, 0.1) is 11.7 Å². The van der Waals surface area contributed by atoms with Gasteiger partial charge in [0.15, 0.2) is 0 Å². The number of piperidine rings is 1. The van der Waals surface area contributed by atoms with Gasteiger partial charge in [-0.2, -0.15) is 0 Å². The van der Waals surface area contributed by atoms with E-state index in [-0.39, 0.29) is 30.0 Å². The van der Waals surface area contributed by atoms with Crippen LogP contribution in [0.25, 0.3) is 0 Å². The molecule has 1 aliphatic heterocycles. The highest BCUT2D eigenvalue weighted by Crippen LogP contribution is 2.35. The lowest BCUT2D eigenvalue weighted by molar-refractivity contribution is -0.0416. The Morgan fingerprint density at radius 2 is 1.87 bits per heavy atom. The summed E-state index contributed by atoms with van der Waals surface area (Å²) in [6, 6.07) is 6.11. The Balaban J connectivity index is 2.28. The third-order valence-electron chi connectivity index (χ3n) is 4.14. The zero-order valence-electron chi connectivity index (χ0n) is 14.5. The zero-order valence-corrected chi connectivity index (χ0v) is 14.5. The molecule has 1 aromatic rings. The first-order valence-corrected chi connectivity index (χ1v) is 7.99. The van der Waals surface area contributed by atoms with Crippen LogP contribution in [-0.2, 0) is 9.47 Å². The maximum absolute atomic E-state index is 13.2. The van der Waals surface area contributed by atoms with E-state index in [2.05, 4.69) is 6.92 Å². The van der Waals surface area contributed by atoms with Crippen molar-refractivity contribution in [1.82, 2.24) is 4.90 Å². The molecule has 5 heteroatoms. The number of hydrogen-bond acceptors (Lipinski definition) is 3. The molecule has 1 saturated heterocycles. The monoisotopic (exact) mass is 323 g/mol. The van der Waals surface area contributed by atoms with Gasteiger partial charge in [0.05, 0.1) is 12.1 Å². The molecule has 1 fully saturated rings. The fourth-order valence-electron chi connectivity index (χ4n) is 2.99. The molecule has 3 atom stereocenters. The molecule has 0 saturated carbocycles. The van der Waals surface area contributed by atoms with E-state index in [0.29, 0.717) is 13.0 Å². The maximum atomic E-state index is 13.2. The first-order chi connectivity index (χ1) is 10.7. The van der Waals surface area contributed by atoms with Gasteiger partial charge >= 0.3 is 6.09 Å². The molecular weight excluding hydrogens is 297 g/mol. The predicted molar refractivity (Wildman–Crippen MR) is 86.7 cm³/mol. The van der Waals surface area contributed by atoms with Crippen LogP contribution < -0.4 is 0 Å². The predicted octanol–water partition coefficient (Wildman–Crippen LogP) is 4.16. The van der Waals surface area contributed by atoms with Gasteiger partial charge in [-0.1, -0.05) is 19.1 Å². The standard InChI is InChI=1S/C18H26FNO3/c1-12-11-20(17(21)23-18(2,3)4)15(10-16(12)22-5)13-6-8-14(19)9-7-13/h6-9,12,15-16H,10-11H2,1-5H3/t12-,15-,16-/m1/s1. The van der Waals surface area contributed by atoms with Crippen LogP contribution >= 0.6 is 0 Å². The van der Waals surface area contributed by atoms with E-state index in [9.17, 15) is 9.18 Å². The molecule has 0 radical (unpaired) electrons. The number of ether oxygens (including phenoxy) is 2. The molecule has 0 spiro atoms. The molecule has 1 aromatic carbocycles. The van der Waals surface area contributed by atoms with E-state index in [0.717, 1.165) is 5.56 Å². The fraction of sp³-hybridized carbons (Fsp3) is 0.611. The number of methoxy groups -OCH3 is 1. The minimum absolute atomic E-state index is 0.0590. The number of likely N-dealkylation sites (tertiary alicyclic amines) is 1. The van der Waals surface area contributed by atoms with Gasteiger partial charge in [0, 0.05) is 19.6 Å². The summed E-state index contributed by atoms with van der Waals surface area (Å²) in [5.41, 5.74) is 0.345. The fourth-order valence-corrected chi connectivity index (χ4v) is 2.99. The molecular formula is C18H26FNO3. The van der Waals surface area contributed by atoms with Gasteiger partial charge in [-0.25, -0.2) is 9.18 Å². The number of carbonyl (C=O) groups is 1. The molecule has 0 unspecified atom stereocenters. The summed E-state index contributed by atoms with van der Waals surface area (Å²) in [7, 11) is 1.69. The highest BCUT2D eigenvalue weighted by Gasteiger charge is 2.38. The molecule has 128 valence electrons. The van der Waals surface area contributed by atoms with Gasteiger partial charge in [-0.05, 0) is 44.9 Å². The smallest absolute Gasteiger partial charge is 0.410 e. The average molecular weight is 323 g/mol. The lowest BCUT2D eigenvalue weighted by Crippen LogP contribution is -2.49. The summed E-state index contributed by atoms with van der Waals surface area (Å²) in [6.45, 7) is 8.16. The van der Waals surface area contributed by atoms with Gasteiger partial charge in [-0.15, -0.1) is 0 Å². The Labute approximate surface area is 137 Å². The molecule has 1 amide bonds. The van der Waals surface area contributed by atoms with E-state index < -0.39 is 5.60 Å². The van der Waals surface area contributed by atoms with Crippen LogP contribution in [0.2, 0.25) is 0 Å². The lowest BCUT2D eigenvalue weighted by Gasteiger charge is -2.42. The number of halogens is 1. The van der Waals surface area contributed by atoms with Crippen LogP contribution in [0.5, 0.6) is 0 Å². The molecule has 0 aliphatic carbocycles. The van der Waals surface area contributed by atoms with Crippen molar-refractivity contribution in [3.63, 3.8) is 0 Å². The summed E-state index contributed by atoms with van der Waals surface area (Å²) in [6.07, 6.45) is 0.389. The highest BCUT2D eigenvalue weighted by atomic mass is 19.1. The second kappa shape index (κ2) is 6.87. The van der Waals surface area contributed by atoms with E-state index in [4.69, 9.17) is 9.47 Å². The van der Waals surface area contributed by atoms with Gasteiger partial charge in [0.1, 0.15) is 11.4 Å². The quantitative estimate of drug-likeness (QED) is 0.820. The second-order valence-corrected chi connectivity index (χ2v) is 7.19. The van der Waals surface area contributed by atoms with Crippen LogP contribution in [0.3, 0.4) is 0 Å². The van der Waals surface area contributed by atoms with Gasteiger partial charge in [-0.3, -0.25) is 0 Å². The Kier molecular flexibility index (Phi) is 5.30. The number of amides is 1. The zero-order chi connectivity index (χ0) is 17.2. The van der Waals surface area contributed by atoms with Crippen molar-refractivity contribution in [2.45, 2.75) is 51.9 Å². The normalized spacial score (nSPS) is 25.3. The number of nitrogens with zero attached hydrogens (tertiary/aromatic N) is 1. The lowest BCUT2D eigenvalue weighted by atomic mass is 9.87. The van der Waals surface area contributed by atoms with Crippen LogP contribution in [0.1, 0.15) is 45.7 Å². The van der Waals surface area contributed by atoms with Crippen molar-refractivity contribution < 1.29 is 18.7 Å². The second-order valence-electron chi connectivity index (χ2n) is 7.19. The molecule has 0 N–H and O–H groups in total. The van der Waals surface area contributed by atoms with Crippen LogP contribution in [-0.4, -0.2) is 36.4 Å². The summed E-state index contributed by atoms with van der Waals surface area (Å²) in [5.74, 6) is -0.0748. The van der Waals surface area contributed by atoms with Crippen LogP contribution in [0.4, 0.5) is 9.18 Å². The van der Waals surface area contributed by atoms with Gasteiger partial charge in [0.25, 0.3) is 0 Å². The van der Waals surface area contributed by atoms with Gasteiger partial charge in [0.2, 0.25) is 0 Å². The van der Waals surface area contributed by atoms with Crippen molar-refractivity contribution in [1.29, 1.82) is 0 Å². The third kappa shape index (κ3) is 4.44. The Hall–Kier alpha value is -1.62. The van der Waals surface area contributed by atoms with E-state index in [1.807, 2.05) is 20.8 Å². The molecule has 0 aromatic heterocycles. The molecule has 2 rings (SSSR count). The van der Waals surface area contributed by atoms with E-state index in [1.165, 1.54) is 12.1 Å². The topological polar surface area (TPSA) is 38.8 Å². The number of hydrogen-bond donors (Lipinski definition) is 0. The SMILES string of the molecule is CO[C@@H]1C[C@H](c2ccc(F)cc2)N(C(=O)OC(C)(C)C)C[C@H]1C. The van der Waals surface area contributed by atoms with Gasteiger partial charge < -0.3 is 14.4 Å². The summed E-state index contributed by atoms with van der Waals surface area (Å²) in [5, 5.41) is 0. The van der Waals surface area contributed by atoms with Crippen molar-refractivity contribution in [2.75, 3.05) is 13.7 Å². The molecule has 1 aliphatic rings. The summed E-state index contributed by atoms with van der Waals surface area (Å²) >= 11 is 0. The number of benzene rings is 1. The van der Waals surface area contributed by atoms with E-state index >= 15 is 0 Å². The molecule has 23 heavy (non-hydrogen) atoms. The Morgan fingerprint density at radius 3 is 2.39 bits per heavy atom. The Bertz CT molecular complexity index is 538. The van der Waals surface area contributed by atoms with Crippen molar-refractivity contribution in [3.05, 3.63) is 35.6 Å². The summed E-state index contributed by atoms with van der Waals surface area (Å²) in [4.78, 5) is 14.3. The third-order valence-corrected chi connectivity index (χ3v) is 4.14. The number of carbonyl (C=O) groups excluding carboxylic acids is 1. The maximum Gasteiger partial charge on any atom is 0.410 e. The molecule has 4 nitrogen and oxygen atoms in total. The van der Waals surface area contributed by atoms with Crippen LogP contribution in [0.15, 0.2) is 24.3 Å². The minimum atomic E-state index is -0.550. The van der Waals surface area contributed by atoms with Crippen molar-refractivity contribution >= 4 is 6.09 Å². The largest absolute Gasteiger partial charge is 0.444 e. The van der Waals surface area contributed by atoms with Crippen molar-refractivity contribution in [2.24, 2.45) is 5.92 Å². The first kappa shape index (κ1) is 17.7. The molecule has 0 bridgehead atoms. The first-order valence-electron chi connectivity index (χ1n) is 7.99. The highest BCUT2D eigenvalue weighted by molar-refractivity contribution is 5.69.